The number of hydrogen-bond donors (Lipinski definition) is 1. The molecule has 0 radical (unpaired) electrons. The highest BCUT2D eigenvalue weighted by Gasteiger charge is 2.32. The van der Waals surface area contributed by atoms with Gasteiger partial charge in [-0.1, -0.05) is 13.8 Å². The molecule has 0 fully saturated rings. The highest BCUT2D eigenvalue weighted by Crippen LogP contribution is 2.16. The van der Waals surface area contributed by atoms with Gasteiger partial charge < -0.3 is 4.90 Å². The van der Waals surface area contributed by atoms with Crippen molar-refractivity contribution in [2.75, 3.05) is 20.1 Å². The molecule has 15 heavy (non-hydrogen) atoms. The molecular weight excluding hydrogens is 186 g/mol. The van der Waals surface area contributed by atoms with E-state index in [9.17, 15) is 5.26 Å². The number of nitrogens with zero attached hydrogens (tertiary/aromatic N) is 2. The Balaban J connectivity index is 4.67. The normalized spacial score (nSPS) is 16.1. The maximum absolute atomic E-state index is 9.35. The molecule has 0 aromatic carbocycles. The first kappa shape index (κ1) is 14.4. The second-order valence-electron chi connectivity index (χ2n) is 5.25. The Labute approximate surface area is 94.5 Å². The zero-order valence-corrected chi connectivity index (χ0v) is 11.0. The molecule has 1 atom stereocenters. The number of nitriles is 1. The summed E-state index contributed by atoms with van der Waals surface area (Å²) in [7, 11) is 2.05. The molecule has 0 aromatic rings. The minimum absolute atomic E-state index is 0.0275. The van der Waals surface area contributed by atoms with Crippen molar-refractivity contribution in [2.45, 2.75) is 52.1 Å². The van der Waals surface area contributed by atoms with E-state index in [4.69, 9.17) is 0 Å². The molecule has 0 heterocycles. The van der Waals surface area contributed by atoms with Crippen molar-refractivity contribution in [3.8, 4) is 6.07 Å². The van der Waals surface area contributed by atoms with Crippen LogP contribution in [-0.2, 0) is 0 Å². The lowest BCUT2D eigenvalue weighted by atomic mass is 9.93. The van der Waals surface area contributed by atoms with Gasteiger partial charge in [0, 0.05) is 12.1 Å². The van der Waals surface area contributed by atoms with E-state index in [0.717, 1.165) is 19.5 Å². The van der Waals surface area contributed by atoms with Crippen LogP contribution >= 0.6 is 0 Å². The van der Waals surface area contributed by atoms with Crippen molar-refractivity contribution in [1.82, 2.24) is 10.2 Å². The molecule has 0 aromatic heterocycles. The number of hydrogen-bond acceptors (Lipinski definition) is 3. The summed E-state index contributed by atoms with van der Waals surface area (Å²) in [5.41, 5.74) is -0.455. The molecule has 0 aliphatic rings. The zero-order chi connectivity index (χ0) is 12.1. The van der Waals surface area contributed by atoms with E-state index in [2.05, 4.69) is 50.9 Å². The van der Waals surface area contributed by atoms with Gasteiger partial charge in [0.05, 0.1) is 6.07 Å². The largest absolute Gasteiger partial charge is 0.304 e. The van der Waals surface area contributed by atoms with Crippen LogP contribution in [0.1, 0.15) is 41.0 Å². The summed E-state index contributed by atoms with van der Waals surface area (Å²) in [4.78, 5) is 2.17. The maximum Gasteiger partial charge on any atom is 0.119 e. The molecule has 0 aliphatic heterocycles. The number of rotatable bonds is 5. The fraction of sp³-hybridized carbons (Fsp3) is 0.917. The zero-order valence-electron chi connectivity index (χ0n) is 11.0. The van der Waals surface area contributed by atoms with Gasteiger partial charge >= 0.3 is 0 Å². The maximum atomic E-state index is 9.35. The third-order valence-electron chi connectivity index (χ3n) is 2.51. The summed E-state index contributed by atoms with van der Waals surface area (Å²) in [5, 5.41) is 12.8. The SMILES string of the molecule is CCN(C)CC(C#N)(CC)NC(C)(C)C. The Hall–Kier alpha value is -0.590. The lowest BCUT2D eigenvalue weighted by Crippen LogP contribution is -2.58. The van der Waals surface area contributed by atoms with Crippen molar-refractivity contribution in [2.24, 2.45) is 0 Å². The Kier molecular flexibility index (Phi) is 5.27. The molecule has 1 unspecified atom stereocenters. The lowest BCUT2D eigenvalue weighted by Gasteiger charge is -2.37. The van der Waals surface area contributed by atoms with Gasteiger partial charge in [0.15, 0.2) is 0 Å². The predicted molar refractivity (Wildman–Crippen MR) is 64.7 cm³/mol. The molecule has 88 valence electrons. The first-order chi connectivity index (χ1) is 6.78. The molecule has 0 saturated heterocycles. The van der Waals surface area contributed by atoms with Crippen molar-refractivity contribution in [1.29, 1.82) is 5.26 Å². The van der Waals surface area contributed by atoms with Gasteiger partial charge in [-0.15, -0.1) is 0 Å². The van der Waals surface area contributed by atoms with Crippen LogP contribution in [-0.4, -0.2) is 36.1 Å². The molecule has 0 aliphatic carbocycles. The summed E-state index contributed by atoms with van der Waals surface area (Å²) in [6, 6.07) is 2.43. The summed E-state index contributed by atoms with van der Waals surface area (Å²) < 4.78 is 0. The monoisotopic (exact) mass is 211 g/mol. The fourth-order valence-electron chi connectivity index (χ4n) is 1.67. The van der Waals surface area contributed by atoms with Gasteiger partial charge in [-0.2, -0.15) is 5.26 Å². The van der Waals surface area contributed by atoms with Crippen LogP contribution in [0.15, 0.2) is 0 Å². The van der Waals surface area contributed by atoms with Gasteiger partial charge in [-0.3, -0.25) is 5.32 Å². The van der Waals surface area contributed by atoms with E-state index in [0.29, 0.717) is 0 Å². The van der Waals surface area contributed by atoms with Crippen molar-refractivity contribution < 1.29 is 0 Å². The van der Waals surface area contributed by atoms with Crippen LogP contribution in [0, 0.1) is 11.3 Å². The second kappa shape index (κ2) is 5.48. The van der Waals surface area contributed by atoms with Gasteiger partial charge in [0.1, 0.15) is 5.54 Å². The van der Waals surface area contributed by atoms with Crippen molar-refractivity contribution in [3.05, 3.63) is 0 Å². The Morgan fingerprint density at radius 1 is 1.27 bits per heavy atom. The van der Waals surface area contributed by atoms with Crippen LogP contribution in [0.5, 0.6) is 0 Å². The molecule has 0 amide bonds. The van der Waals surface area contributed by atoms with Gasteiger partial charge in [-0.25, -0.2) is 0 Å². The molecule has 1 N–H and O–H groups in total. The van der Waals surface area contributed by atoms with E-state index in [1.807, 2.05) is 7.05 Å². The van der Waals surface area contributed by atoms with E-state index in [1.165, 1.54) is 0 Å². The topological polar surface area (TPSA) is 39.1 Å². The minimum Gasteiger partial charge on any atom is -0.304 e. The third-order valence-corrected chi connectivity index (χ3v) is 2.51. The minimum atomic E-state index is -0.428. The van der Waals surface area contributed by atoms with Crippen LogP contribution in [0.3, 0.4) is 0 Å². The average molecular weight is 211 g/mol. The van der Waals surface area contributed by atoms with Crippen LogP contribution in [0.25, 0.3) is 0 Å². The van der Waals surface area contributed by atoms with Gasteiger partial charge in [0.2, 0.25) is 0 Å². The Bertz CT molecular complexity index is 224. The van der Waals surface area contributed by atoms with E-state index in [1.54, 1.807) is 0 Å². The van der Waals surface area contributed by atoms with Crippen LogP contribution < -0.4 is 5.32 Å². The molecule has 0 saturated carbocycles. The highest BCUT2D eigenvalue weighted by atomic mass is 15.2. The summed E-state index contributed by atoms with van der Waals surface area (Å²) in [5.74, 6) is 0. The van der Waals surface area contributed by atoms with E-state index in [-0.39, 0.29) is 5.54 Å². The third kappa shape index (κ3) is 5.15. The summed E-state index contributed by atoms with van der Waals surface area (Å²) in [6.45, 7) is 12.2. The van der Waals surface area contributed by atoms with E-state index >= 15 is 0 Å². The van der Waals surface area contributed by atoms with Crippen molar-refractivity contribution in [3.63, 3.8) is 0 Å². The quantitative estimate of drug-likeness (QED) is 0.756. The molecule has 3 heteroatoms. The van der Waals surface area contributed by atoms with Crippen molar-refractivity contribution >= 4 is 0 Å². The Morgan fingerprint density at radius 2 is 1.80 bits per heavy atom. The molecule has 0 bridgehead atoms. The standard InChI is InChI=1S/C12H25N3/c1-7-12(9-13,10-15(6)8-2)14-11(3,4)5/h14H,7-8,10H2,1-6H3. The van der Waals surface area contributed by atoms with Crippen LogP contribution in [0.4, 0.5) is 0 Å². The molecule has 3 nitrogen and oxygen atoms in total. The second-order valence-corrected chi connectivity index (χ2v) is 5.25. The van der Waals surface area contributed by atoms with Gasteiger partial charge in [0.25, 0.3) is 0 Å². The van der Waals surface area contributed by atoms with E-state index < -0.39 is 5.54 Å². The predicted octanol–water partition coefficient (Wildman–Crippen LogP) is 2.00. The van der Waals surface area contributed by atoms with Gasteiger partial charge in [-0.05, 0) is 40.8 Å². The molecule has 0 rings (SSSR count). The fourth-order valence-corrected chi connectivity index (χ4v) is 1.67. The molecular formula is C12H25N3. The lowest BCUT2D eigenvalue weighted by molar-refractivity contribution is 0.212. The number of likely N-dealkylation sites (N-methyl/N-ethyl adjacent to an activating group) is 1. The smallest absolute Gasteiger partial charge is 0.119 e. The first-order valence-corrected chi connectivity index (χ1v) is 5.67. The average Bonchev–Trinajstić information content (AvgIpc) is 2.14. The molecule has 0 spiro atoms. The number of nitrogens with one attached hydrogen (secondary N) is 1. The Morgan fingerprint density at radius 3 is 2.07 bits per heavy atom. The van der Waals surface area contributed by atoms with Crippen LogP contribution in [0.2, 0.25) is 0 Å². The first-order valence-electron chi connectivity index (χ1n) is 5.67. The summed E-state index contributed by atoms with van der Waals surface area (Å²) in [6.07, 6.45) is 0.825. The highest BCUT2D eigenvalue weighted by molar-refractivity contribution is 5.10. The summed E-state index contributed by atoms with van der Waals surface area (Å²) >= 11 is 0.